The minimum Gasteiger partial charge on any atom is -0.356 e. The van der Waals surface area contributed by atoms with Gasteiger partial charge in [-0.25, -0.2) is 0 Å². The van der Waals surface area contributed by atoms with Gasteiger partial charge in [0.15, 0.2) is 30.6 Å². The summed E-state index contributed by atoms with van der Waals surface area (Å²) in [4.78, 5) is 0. The van der Waals surface area contributed by atoms with Crippen LogP contribution in [0.15, 0.2) is 0 Å². The molecule has 0 aromatic carbocycles. The molecule has 2 fully saturated rings. The molecule has 0 aliphatic carbocycles. The molecule has 0 aromatic rings. The third-order valence-corrected chi connectivity index (χ3v) is 3.65. The topological polar surface area (TPSA) is 55.4 Å². The second kappa shape index (κ2) is 5.98. The second-order valence-electron chi connectivity index (χ2n) is 3.78. The van der Waals surface area contributed by atoms with E-state index < -0.39 is 6.29 Å². The van der Waals surface area contributed by atoms with E-state index in [4.69, 9.17) is 27.6 Å². The van der Waals surface area contributed by atoms with Crippen LogP contribution in [0.5, 0.6) is 0 Å². The van der Waals surface area contributed by atoms with Crippen LogP contribution in [0, 0.1) is 5.41 Å². The molecule has 1 spiro atoms. The summed E-state index contributed by atoms with van der Waals surface area (Å²) in [5.74, 6) is 0. The van der Waals surface area contributed by atoms with Crippen molar-refractivity contribution < 1.29 is 27.6 Å². The lowest BCUT2D eigenvalue weighted by Gasteiger charge is -2.44. The van der Waals surface area contributed by atoms with Crippen LogP contribution < -0.4 is 0 Å². The Morgan fingerprint density at radius 1 is 1.19 bits per heavy atom. The van der Waals surface area contributed by atoms with E-state index in [1.165, 1.54) is 0 Å². The second-order valence-corrected chi connectivity index (χ2v) is 5.22. The summed E-state index contributed by atoms with van der Waals surface area (Å²) in [7, 11) is 1.67. The first-order valence-corrected chi connectivity index (χ1v) is 6.59. The molecule has 0 saturated carbocycles. The SMILES string of the molecule is COC(C)OC1OPOCC12COPOC2. The first-order chi connectivity index (χ1) is 7.77. The first kappa shape index (κ1) is 13.1. The molecule has 6 nitrogen and oxygen atoms in total. The number of ether oxygens (including phenoxy) is 2. The van der Waals surface area contributed by atoms with Crippen LogP contribution in [0.4, 0.5) is 0 Å². The van der Waals surface area contributed by atoms with Crippen molar-refractivity contribution >= 4 is 18.1 Å². The number of hydrogen-bond donors (Lipinski definition) is 0. The van der Waals surface area contributed by atoms with Gasteiger partial charge in [0.2, 0.25) is 0 Å². The molecule has 2 rings (SSSR count). The van der Waals surface area contributed by atoms with Crippen molar-refractivity contribution in [3.63, 3.8) is 0 Å². The molecule has 2 aliphatic heterocycles. The van der Waals surface area contributed by atoms with Gasteiger partial charge in [0.25, 0.3) is 0 Å². The van der Waals surface area contributed by atoms with Gasteiger partial charge < -0.3 is 27.6 Å². The van der Waals surface area contributed by atoms with Crippen molar-refractivity contribution in [2.45, 2.75) is 19.5 Å². The Balaban J connectivity index is 2.00. The van der Waals surface area contributed by atoms with Crippen molar-refractivity contribution in [2.75, 3.05) is 26.9 Å². The average Bonchev–Trinajstić information content (AvgIpc) is 2.33. The maximum absolute atomic E-state index is 5.66. The Labute approximate surface area is 98.1 Å². The third-order valence-electron chi connectivity index (χ3n) is 2.56. The molecule has 16 heavy (non-hydrogen) atoms. The summed E-state index contributed by atoms with van der Waals surface area (Å²) in [6.45, 7) is 3.40. The van der Waals surface area contributed by atoms with Gasteiger partial charge in [0.05, 0.1) is 25.2 Å². The van der Waals surface area contributed by atoms with E-state index in [1.54, 1.807) is 7.11 Å². The predicted molar refractivity (Wildman–Crippen MR) is 59.3 cm³/mol. The fourth-order valence-corrected chi connectivity index (χ4v) is 3.08. The van der Waals surface area contributed by atoms with Crippen LogP contribution in [0.3, 0.4) is 0 Å². The van der Waals surface area contributed by atoms with E-state index in [-0.39, 0.29) is 29.8 Å². The molecule has 2 heterocycles. The molecule has 2 aliphatic rings. The van der Waals surface area contributed by atoms with Crippen molar-refractivity contribution in [3.8, 4) is 0 Å². The highest BCUT2D eigenvalue weighted by atomic mass is 31.1. The van der Waals surface area contributed by atoms with Gasteiger partial charge in [-0.15, -0.1) is 0 Å². The van der Waals surface area contributed by atoms with Gasteiger partial charge in [0.1, 0.15) is 0 Å². The van der Waals surface area contributed by atoms with E-state index in [2.05, 4.69) is 0 Å². The molecule has 2 saturated heterocycles. The highest BCUT2D eigenvalue weighted by Crippen LogP contribution is 2.44. The summed E-state index contributed by atoms with van der Waals surface area (Å²) in [5.41, 5.74) is -0.372. The fraction of sp³-hybridized carbons (Fsp3) is 1.00. The number of rotatable bonds is 3. The van der Waals surface area contributed by atoms with E-state index in [0.717, 1.165) is 0 Å². The largest absolute Gasteiger partial charge is 0.356 e. The molecule has 0 amide bonds. The lowest BCUT2D eigenvalue weighted by Crippen LogP contribution is -2.52. The third kappa shape index (κ3) is 2.89. The smallest absolute Gasteiger partial charge is 0.179 e. The lowest BCUT2D eigenvalue weighted by atomic mass is 9.90. The average molecular weight is 270 g/mol. The lowest BCUT2D eigenvalue weighted by molar-refractivity contribution is -0.269. The van der Waals surface area contributed by atoms with Gasteiger partial charge in [-0.2, -0.15) is 0 Å². The van der Waals surface area contributed by atoms with Crippen LogP contribution in [-0.4, -0.2) is 39.5 Å². The molecule has 0 bridgehead atoms. The highest BCUT2D eigenvalue weighted by molar-refractivity contribution is 7.26. The van der Waals surface area contributed by atoms with Crippen LogP contribution in [-0.2, 0) is 27.6 Å². The summed E-state index contributed by atoms with van der Waals surface area (Å²) in [6.07, 6.45) is -0.728. The molecular formula is C8H16O6P2. The zero-order valence-corrected chi connectivity index (χ0v) is 11.2. The summed E-state index contributed by atoms with van der Waals surface area (Å²) in [6, 6.07) is 0. The van der Waals surface area contributed by atoms with Crippen molar-refractivity contribution in [1.29, 1.82) is 0 Å². The maximum atomic E-state index is 5.66. The molecule has 0 radical (unpaired) electrons. The number of hydrogen-bond acceptors (Lipinski definition) is 6. The van der Waals surface area contributed by atoms with E-state index in [1.807, 2.05) is 6.92 Å². The Bertz CT molecular complexity index is 214. The normalized spacial score (nSPS) is 40.5. The summed E-state index contributed by atoms with van der Waals surface area (Å²) in [5, 5.41) is 0. The quantitative estimate of drug-likeness (QED) is 0.571. The monoisotopic (exact) mass is 270 g/mol. The molecule has 0 aromatic heterocycles. The zero-order chi connectivity index (χ0) is 11.4. The molecule has 3 unspecified atom stereocenters. The van der Waals surface area contributed by atoms with Crippen LogP contribution in [0.25, 0.3) is 0 Å². The van der Waals surface area contributed by atoms with Gasteiger partial charge in [-0.1, -0.05) is 0 Å². The van der Waals surface area contributed by atoms with Crippen LogP contribution in [0.2, 0.25) is 0 Å². The molecular weight excluding hydrogens is 254 g/mol. The predicted octanol–water partition coefficient (Wildman–Crippen LogP) is 1.42. The van der Waals surface area contributed by atoms with Gasteiger partial charge in [-0.3, -0.25) is 0 Å². The number of methoxy groups -OCH3 is 1. The van der Waals surface area contributed by atoms with Gasteiger partial charge in [0, 0.05) is 7.11 Å². The molecule has 94 valence electrons. The fourth-order valence-electron chi connectivity index (χ4n) is 1.49. The van der Waals surface area contributed by atoms with Gasteiger partial charge >= 0.3 is 0 Å². The van der Waals surface area contributed by atoms with Crippen LogP contribution in [0.1, 0.15) is 6.92 Å². The maximum Gasteiger partial charge on any atom is 0.179 e. The standard InChI is InChI=1S/C8H16O6P2/c1-6(9-2)13-7-8(5-12-16-14-7)3-10-15-11-4-8/h6-7,15-16H,3-5H2,1-2H3. The molecule has 8 heteroatoms. The minimum absolute atomic E-state index is 0.00814. The highest BCUT2D eigenvalue weighted by Gasteiger charge is 2.47. The minimum atomic E-state index is -0.403. The van der Waals surface area contributed by atoms with Crippen molar-refractivity contribution in [3.05, 3.63) is 0 Å². The Morgan fingerprint density at radius 2 is 1.81 bits per heavy atom. The van der Waals surface area contributed by atoms with E-state index in [9.17, 15) is 0 Å². The van der Waals surface area contributed by atoms with Crippen LogP contribution >= 0.6 is 18.1 Å². The van der Waals surface area contributed by atoms with E-state index >= 15 is 0 Å². The summed E-state index contributed by atoms with van der Waals surface area (Å²) >= 11 is 0. The van der Waals surface area contributed by atoms with Gasteiger partial charge in [-0.05, 0) is 6.92 Å². The first-order valence-electron chi connectivity index (χ1n) is 4.96. The molecule has 0 N–H and O–H groups in total. The van der Waals surface area contributed by atoms with E-state index in [0.29, 0.717) is 19.8 Å². The molecule has 3 atom stereocenters. The van der Waals surface area contributed by atoms with Crippen molar-refractivity contribution in [2.24, 2.45) is 5.41 Å². The Hall–Kier alpha value is 0.620. The Morgan fingerprint density at radius 3 is 2.44 bits per heavy atom. The zero-order valence-electron chi connectivity index (χ0n) is 9.23. The summed E-state index contributed by atoms with van der Waals surface area (Å²) < 4.78 is 32.2. The Kier molecular flexibility index (Phi) is 4.89. The van der Waals surface area contributed by atoms with Crippen molar-refractivity contribution in [1.82, 2.24) is 0 Å².